The number of aromatic nitrogens is 1. The van der Waals surface area contributed by atoms with E-state index >= 15 is 0 Å². The molecule has 4 nitrogen and oxygen atoms in total. The van der Waals surface area contributed by atoms with Crippen molar-refractivity contribution in [3.63, 3.8) is 0 Å². The number of carboxylic acids is 1. The summed E-state index contributed by atoms with van der Waals surface area (Å²) in [5.74, 6) is -0.151. The van der Waals surface area contributed by atoms with Crippen LogP contribution in [0, 0.1) is 5.92 Å². The molecule has 1 atom stereocenters. The average Bonchev–Trinajstić information content (AvgIpc) is 3.09. The molecule has 4 heteroatoms. The highest BCUT2D eigenvalue weighted by molar-refractivity contribution is 5.86. The van der Waals surface area contributed by atoms with Gasteiger partial charge in [-0.15, -0.1) is 0 Å². The zero-order valence-corrected chi connectivity index (χ0v) is 11.1. The number of hydrogen-bond donors (Lipinski definition) is 1. The van der Waals surface area contributed by atoms with Gasteiger partial charge in [-0.25, -0.2) is 9.78 Å². The Balaban J connectivity index is 1.83. The summed E-state index contributed by atoms with van der Waals surface area (Å²) in [6, 6.07) is 4.27. The van der Waals surface area contributed by atoms with Crippen molar-refractivity contribution in [3.8, 4) is 0 Å². The molecule has 1 aliphatic heterocycles. The first kappa shape index (κ1) is 12.5. The molecular formula is C15H20N2O2. The van der Waals surface area contributed by atoms with Crippen molar-refractivity contribution in [2.45, 2.75) is 44.6 Å². The van der Waals surface area contributed by atoms with Gasteiger partial charge in [-0.3, -0.25) is 0 Å². The first-order valence-electron chi connectivity index (χ1n) is 7.22. The van der Waals surface area contributed by atoms with Gasteiger partial charge in [0.15, 0.2) is 0 Å². The fourth-order valence-electron chi connectivity index (χ4n) is 3.66. The second kappa shape index (κ2) is 5.19. The summed E-state index contributed by atoms with van der Waals surface area (Å²) in [5, 5.41) is 9.05. The van der Waals surface area contributed by atoms with Crippen LogP contribution >= 0.6 is 0 Å². The van der Waals surface area contributed by atoms with Crippen LogP contribution in [0.25, 0.3) is 0 Å². The highest BCUT2D eigenvalue weighted by atomic mass is 16.4. The first-order chi connectivity index (χ1) is 9.25. The molecule has 2 aliphatic rings. The number of anilines is 1. The molecule has 2 fully saturated rings. The van der Waals surface area contributed by atoms with Gasteiger partial charge in [-0.1, -0.05) is 12.8 Å². The van der Waals surface area contributed by atoms with E-state index < -0.39 is 5.97 Å². The maximum atomic E-state index is 11.0. The van der Waals surface area contributed by atoms with Crippen molar-refractivity contribution in [1.82, 2.24) is 4.98 Å². The topological polar surface area (TPSA) is 53.4 Å². The Bertz CT molecular complexity index is 469. The van der Waals surface area contributed by atoms with E-state index in [2.05, 4.69) is 9.88 Å². The van der Waals surface area contributed by atoms with Gasteiger partial charge in [0.05, 0.1) is 0 Å². The Morgan fingerprint density at radius 1 is 1.26 bits per heavy atom. The number of aromatic carboxylic acids is 1. The number of rotatable bonds is 3. The number of pyridine rings is 1. The molecular weight excluding hydrogens is 240 g/mol. The Labute approximate surface area is 113 Å². The molecule has 0 bridgehead atoms. The Morgan fingerprint density at radius 3 is 2.79 bits per heavy atom. The molecule has 2 heterocycles. The van der Waals surface area contributed by atoms with Crippen LogP contribution in [0.3, 0.4) is 0 Å². The van der Waals surface area contributed by atoms with E-state index in [9.17, 15) is 4.79 Å². The van der Waals surface area contributed by atoms with Crippen LogP contribution in [0.1, 0.15) is 49.0 Å². The van der Waals surface area contributed by atoms with E-state index in [0.717, 1.165) is 18.2 Å². The van der Waals surface area contributed by atoms with E-state index in [-0.39, 0.29) is 5.69 Å². The zero-order valence-electron chi connectivity index (χ0n) is 11.1. The van der Waals surface area contributed by atoms with Gasteiger partial charge in [0.25, 0.3) is 0 Å². The summed E-state index contributed by atoms with van der Waals surface area (Å²) in [4.78, 5) is 17.3. The Kier molecular flexibility index (Phi) is 3.40. The Hall–Kier alpha value is -1.58. The molecule has 0 aromatic carbocycles. The van der Waals surface area contributed by atoms with Gasteiger partial charge in [0, 0.05) is 24.5 Å². The number of carbonyl (C=O) groups is 1. The van der Waals surface area contributed by atoms with Gasteiger partial charge in [-0.2, -0.15) is 0 Å². The molecule has 1 aromatic rings. The third kappa shape index (κ3) is 2.44. The normalized spacial score (nSPS) is 24.0. The molecule has 1 N–H and O–H groups in total. The van der Waals surface area contributed by atoms with Gasteiger partial charge in [-0.05, 0) is 43.7 Å². The minimum absolute atomic E-state index is 0.148. The van der Waals surface area contributed by atoms with Crippen molar-refractivity contribution in [1.29, 1.82) is 0 Å². The molecule has 0 radical (unpaired) electrons. The summed E-state index contributed by atoms with van der Waals surface area (Å²) in [6.07, 6.45) is 9.44. The minimum Gasteiger partial charge on any atom is -0.477 e. The summed E-state index contributed by atoms with van der Waals surface area (Å²) < 4.78 is 0. The van der Waals surface area contributed by atoms with Gasteiger partial charge in [0.1, 0.15) is 5.69 Å². The third-order valence-electron chi connectivity index (χ3n) is 4.54. The quantitative estimate of drug-likeness (QED) is 0.907. The SMILES string of the molecule is O=C(O)c1cc(N2CCCC2C2CCCC2)ccn1. The lowest BCUT2D eigenvalue weighted by Crippen LogP contribution is -2.34. The van der Waals surface area contributed by atoms with Crippen LogP contribution in [-0.2, 0) is 0 Å². The molecule has 102 valence electrons. The summed E-state index contributed by atoms with van der Waals surface area (Å²) in [5.41, 5.74) is 1.18. The largest absolute Gasteiger partial charge is 0.477 e. The van der Waals surface area contributed by atoms with Crippen LogP contribution < -0.4 is 4.90 Å². The Morgan fingerprint density at radius 2 is 2.05 bits per heavy atom. The third-order valence-corrected chi connectivity index (χ3v) is 4.54. The summed E-state index contributed by atoms with van der Waals surface area (Å²) >= 11 is 0. The lowest BCUT2D eigenvalue weighted by atomic mass is 9.96. The maximum Gasteiger partial charge on any atom is 0.354 e. The highest BCUT2D eigenvalue weighted by Crippen LogP contribution is 2.37. The van der Waals surface area contributed by atoms with Crippen LogP contribution in [0.15, 0.2) is 18.3 Å². The fourth-order valence-corrected chi connectivity index (χ4v) is 3.66. The lowest BCUT2D eigenvalue weighted by molar-refractivity contribution is 0.0690. The highest BCUT2D eigenvalue weighted by Gasteiger charge is 2.33. The van der Waals surface area contributed by atoms with E-state index in [1.54, 1.807) is 12.3 Å². The molecule has 0 amide bonds. The monoisotopic (exact) mass is 260 g/mol. The molecule has 1 saturated heterocycles. The molecule has 0 spiro atoms. The molecule has 1 aliphatic carbocycles. The van der Waals surface area contributed by atoms with Gasteiger partial charge < -0.3 is 10.0 Å². The van der Waals surface area contributed by atoms with Crippen molar-refractivity contribution in [3.05, 3.63) is 24.0 Å². The van der Waals surface area contributed by atoms with Crippen molar-refractivity contribution >= 4 is 11.7 Å². The van der Waals surface area contributed by atoms with Crippen LogP contribution in [0.2, 0.25) is 0 Å². The number of nitrogens with zero attached hydrogens (tertiary/aromatic N) is 2. The van der Waals surface area contributed by atoms with Crippen molar-refractivity contribution in [2.75, 3.05) is 11.4 Å². The smallest absolute Gasteiger partial charge is 0.354 e. The summed E-state index contributed by atoms with van der Waals surface area (Å²) in [6.45, 7) is 1.05. The number of hydrogen-bond acceptors (Lipinski definition) is 3. The van der Waals surface area contributed by atoms with Crippen molar-refractivity contribution < 1.29 is 9.90 Å². The fraction of sp³-hybridized carbons (Fsp3) is 0.600. The molecule has 1 saturated carbocycles. The predicted molar refractivity (Wildman–Crippen MR) is 73.5 cm³/mol. The van der Waals surface area contributed by atoms with E-state index in [1.165, 1.54) is 38.5 Å². The molecule has 1 unspecified atom stereocenters. The van der Waals surface area contributed by atoms with Crippen LogP contribution in [-0.4, -0.2) is 28.6 Å². The van der Waals surface area contributed by atoms with E-state index in [0.29, 0.717) is 6.04 Å². The van der Waals surface area contributed by atoms with Crippen molar-refractivity contribution in [2.24, 2.45) is 5.92 Å². The lowest BCUT2D eigenvalue weighted by Gasteiger charge is -2.31. The van der Waals surface area contributed by atoms with E-state index in [1.807, 2.05) is 6.07 Å². The average molecular weight is 260 g/mol. The predicted octanol–water partition coefficient (Wildman–Crippen LogP) is 2.94. The van der Waals surface area contributed by atoms with Gasteiger partial charge >= 0.3 is 5.97 Å². The zero-order chi connectivity index (χ0) is 13.2. The second-order valence-electron chi connectivity index (χ2n) is 5.65. The standard InChI is InChI=1S/C15H20N2O2/c18-15(19)13-10-12(7-8-16-13)17-9-3-6-14(17)11-4-1-2-5-11/h7-8,10-11,14H,1-6,9H2,(H,18,19). The minimum atomic E-state index is -0.946. The van der Waals surface area contributed by atoms with E-state index in [4.69, 9.17) is 5.11 Å². The van der Waals surface area contributed by atoms with Crippen LogP contribution in [0.5, 0.6) is 0 Å². The van der Waals surface area contributed by atoms with Crippen LogP contribution in [0.4, 0.5) is 5.69 Å². The number of carboxylic acid groups (broad SMARTS) is 1. The first-order valence-corrected chi connectivity index (χ1v) is 7.22. The molecule has 3 rings (SSSR count). The van der Waals surface area contributed by atoms with Gasteiger partial charge in [0.2, 0.25) is 0 Å². The summed E-state index contributed by atoms with van der Waals surface area (Å²) in [7, 11) is 0. The molecule has 19 heavy (non-hydrogen) atoms. The second-order valence-corrected chi connectivity index (χ2v) is 5.65. The molecule has 1 aromatic heterocycles. The maximum absolute atomic E-state index is 11.0.